The molecule has 4 aliphatic heterocycles. The van der Waals surface area contributed by atoms with E-state index in [1.165, 1.54) is 4.90 Å². The van der Waals surface area contributed by atoms with E-state index >= 15 is 0 Å². The van der Waals surface area contributed by atoms with Gasteiger partial charge in [0.1, 0.15) is 28.9 Å². The molecular weight excluding hydrogens is 548 g/mol. The molecule has 2 amide bonds. The van der Waals surface area contributed by atoms with Gasteiger partial charge in [0, 0.05) is 12.2 Å². The number of allylic oxidation sites excluding steroid dienone is 1. The molecule has 4 aliphatic rings. The van der Waals surface area contributed by atoms with Crippen LogP contribution in [0.25, 0.3) is 0 Å². The van der Waals surface area contributed by atoms with Crippen LogP contribution in [0.1, 0.15) is 44.2 Å². The number of likely N-dealkylation sites (tertiary alicyclic amines) is 1. The third-order valence-electron chi connectivity index (χ3n) is 9.40. The van der Waals surface area contributed by atoms with E-state index in [-0.39, 0.29) is 19.1 Å². The minimum Gasteiger partial charge on any atom is -0.497 e. The Morgan fingerprint density at radius 2 is 1.74 bits per heavy atom. The average Bonchev–Trinajstić information content (AvgIpc) is 3.39. The maximum Gasteiger partial charge on any atom is 0.313 e. The molecular formula is C34H38N2O7. The van der Waals surface area contributed by atoms with E-state index < -0.39 is 53.6 Å². The number of ether oxygens (including phenoxy) is 3. The van der Waals surface area contributed by atoms with Gasteiger partial charge in [0.15, 0.2) is 0 Å². The molecule has 1 spiro atoms. The standard InChI is InChI=1S/C34H38N2O7/c1-3-33-18-9-4-5-10-21-42-32(40)28(33)27-30(38)36(26(22-37)23-12-7-6-8-13-23)29-31(39)35(20-11-19-34(27,29)43-33)24-14-16-25(41-2)17-15-24/h6-9,11-19,26-29,37H,3-5,10,20-22H2,1-2H3/b18-9-/t26-,27+,28-,29?,33+,34+/m1/s1. The van der Waals surface area contributed by atoms with E-state index in [2.05, 4.69) is 0 Å². The van der Waals surface area contributed by atoms with Crippen molar-refractivity contribution in [2.24, 2.45) is 11.8 Å². The van der Waals surface area contributed by atoms with E-state index in [0.29, 0.717) is 23.4 Å². The first-order valence-corrected chi connectivity index (χ1v) is 15.1. The molecule has 0 bridgehead atoms. The second-order valence-corrected chi connectivity index (χ2v) is 11.6. The highest BCUT2D eigenvalue weighted by Crippen LogP contribution is 2.59. The van der Waals surface area contributed by atoms with Gasteiger partial charge in [-0.2, -0.15) is 0 Å². The van der Waals surface area contributed by atoms with E-state index in [1.807, 2.05) is 61.6 Å². The molecule has 43 heavy (non-hydrogen) atoms. The van der Waals surface area contributed by atoms with Crippen LogP contribution < -0.4 is 9.64 Å². The molecule has 1 unspecified atom stereocenters. The Morgan fingerprint density at radius 3 is 2.44 bits per heavy atom. The highest BCUT2D eigenvalue weighted by Gasteiger charge is 2.76. The number of amides is 2. The summed E-state index contributed by atoms with van der Waals surface area (Å²) in [5.41, 5.74) is -1.29. The number of nitrogens with zero attached hydrogens (tertiary/aromatic N) is 2. The largest absolute Gasteiger partial charge is 0.497 e. The minimum atomic E-state index is -1.46. The van der Waals surface area contributed by atoms with Crippen molar-refractivity contribution in [1.29, 1.82) is 0 Å². The summed E-state index contributed by atoms with van der Waals surface area (Å²) in [6.07, 6.45) is 10.4. The van der Waals surface area contributed by atoms with Crippen LogP contribution >= 0.6 is 0 Å². The maximum absolute atomic E-state index is 14.8. The fraction of sp³-hybridized carbons (Fsp3) is 0.441. The van der Waals surface area contributed by atoms with Crippen LogP contribution in [-0.2, 0) is 23.9 Å². The number of aliphatic hydroxyl groups excluding tert-OH is 1. The van der Waals surface area contributed by atoms with Gasteiger partial charge in [0.2, 0.25) is 5.91 Å². The van der Waals surface area contributed by atoms with Gasteiger partial charge in [-0.3, -0.25) is 14.4 Å². The van der Waals surface area contributed by atoms with Gasteiger partial charge in [-0.15, -0.1) is 0 Å². The number of carbonyl (C=O) groups excluding carboxylic acids is 3. The van der Waals surface area contributed by atoms with Gasteiger partial charge < -0.3 is 29.1 Å². The summed E-state index contributed by atoms with van der Waals surface area (Å²) >= 11 is 0. The maximum atomic E-state index is 14.8. The second kappa shape index (κ2) is 11.6. The van der Waals surface area contributed by atoms with Crippen molar-refractivity contribution in [3.63, 3.8) is 0 Å². The number of cyclic esters (lactones) is 1. The van der Waals surface area contributed by atoms with E-state index in [1.54, 1.807) is 36.3 Å². The van der Waals surface area contributed by atoms with Crippen molar-refractivity contribution in [2.45, 2.75) is 55.9 Å². The highest BCUT2D eigenvalue weighted by atomic mass is 16.6. The van der Waals surface area contributed by atoms with Gasteiger partial charge in [-0.25, -0.2) is 0 Å². The number of rotatable bonds is 6. The van der Waals surface area contributed by atoms with Crippen LogP contribution in [0.5, 0.6) is 5.75 Å². The van der Waals surface area contributed by atoms with Crippen LogP contribution in [0.2, 0.25) is 0 Å². The SMILES string of the molecule is CC[C@]12/C=C\CCCCOC(=O)[C@H]1[C@H]1C(=O)N([C@H](CO)c3ccccc3)C3C(=O)N(c4ccc(OC)cc4)CC=C[C@@]31O2. The molecule has 0 aromatic heterocycles. The molecule has 0 radical (unpaired) electrons. The van der Waals surface area contributed by atoms with Gasteiger partial charge in [0.25, 0.3) is 5.91 Å². The van der Waals surface area contributed by atoms with Gasteiger partial charge in [0.05, 0.1) is 32.3 Å². The van der Waals surface area contributed by atoms with Crippen molar-refractivity contribution in [3.8, 4) is 5.75 Å². The van der Waals surface area contributed by atoms with Gasteiger partial charge in [-0.05, 0) is 55.5 Å². The normalized spacial score (nSPS) is 31.9. The quantitative estimate of drug-likeness (QED) is 0.403. The van der Waals surface area contributed by atoms with Crippen molar-refractivity contribution in [3.05, 3.63) is 84.5 Å². The van der Waals surface area contributed by atoms with Crippen LogP contribution in [-0.4, -0.2) is 71.9 Å². The molecule has 9 heteroatoms. The van der Waals surface area contributed by atoms with Crippen LogP contribution in [0.4, 0.5) is 5.69 Å². The third kappa shape index (κ3) is 4.66. The first-order chi connectivity index (χ1) is 20.9. The predicted molar refractivity (Wildman–Crippen MR) is 159 cm³/mol. The monoisotopic (exact) mass is 586 g/mol. The molecule has 226 valence electrons. The molecule has 2 aromatic rings. The highest BCUT2D eigenvalue weighted by molar-refractivity contribution is 6.05. The Kier molecular flexibility index (Phi) is 7.87. The van der Waals surface area contributed by atoms with Crippen LogP contribution in [0, 0.1) is 11.8 Å². The second-order valence-electron chi connectivity index (χ2n) is 11.6. The Bertz CT molecular complexity index is 1420. The lowest BCUT2D eigenvalue weighted by molar-refractivity contribution is -0.161. The molecule has 0 saturated carbocycles. The number of anilines is 1. The smallest absolute Gasteiger partial charge is 0.313 e. The summed E-state index contributed by atoms with van der Waals surface area (Å²) < 4.78 is 18.1. The lowest BCUT2D eigenvalue weighted by atomic mass is 9.73. The molecule has 2 saturated heterocycles. The lowest BCUT2D eigenvalue weighted by Gasteiger charge is -2.41. The molecule has 1 N–H and O–H groups in total. The van der Waals surface area contributed by atoms with Gasteiger partial charge >= 0.3 is 5.97 Å². The van der Waals surface area contributed by atoms with Crippen molar-refractivity contribution < 1.29 is 33.7 Å². The Hall–Kier alpha value is -3.95. The lowest BCUT2D eigenvalue weighted by Crippen LogP contribution is -2.57. The number of esters is 1. The molecule has 2 fully saturated rings. The molecule has 0 aliphatic carbocycles. The van der Waals surface area contributed by atoms with Crippen molar-refractivity contribution in [2.75, 3.05) is 31.8 Å². The summed E-state index contributed by atoms with van der Waals surface area (Å²) in [4.78, 5) is 46.6. The minimum absolute atomic E-state index is 0.237. The van der Waals surface area contributed by atoms with E-state index in [0.717, 1.165) is 19.3 Å². The Balaban J connectivity index is 1.54. The van der Waals surface area contributed by atoms with Crippen molar-refractivity contribution in [1.82, 2.24) is 4.90 Å². The number of benzene rings is 2. The first kappa shape index (κ1) is 29.1. The van der Waals surface area contributed by atoms with E-state index in [4.69, 9.17) is 14.2 Å². The molecule has 6 rings (SSSR count). The van der Waals surface area contributed by atoms with Gasteiger partial charge in [-0.1, -0.05) is 61.6 Å². The Morgan fingerprint density at radius 1 is 0.977 bits per heavy atom. The van der Waals surface area contributed by atoms with E-state index in [9.17, 15) is 19.5 Å². The molecule has 6 atom stereocenters. The Labute approximate surface area is 251 Å². The summed E-state index contributed by atoms with van der Waals surface area (Å²) in [5.74, 6) is -2.60. The number of hydrogen-bond donors (Lipinski definition) is 1. The summed E-state index contributed by atoms with van der Waals surface area (Å²) in [6, 6.07) is 14.3. The summed E-state index contributed by atoms with van der Waals surface area (Å²) in [7, 11) is 1.58. The molecule has 4 heterocycles. The third-order valence-corrected chi connectivity index (χ3v) is 9.40. The number of aliphatic hydroxyl groups is 1. The summed E-state index contributed by atoms with van der Waals surface area (Å²) in [5, 5.41) is 10.7. The van der Waals surface area contributed by atoms with Crippen LogP contribution in [0.3, 0.4) is 0 Å². The predicted octanol–water partition coefficient (Wildman–Crippen LogP) is 3.98. The van der Waals surface area contributed by atoms with Crippen LogP contribution in [0.15, 0.2) is 78.9 Å². The number of carbonyl (C=O) groups is 3. The number of fused-ring (bicyclic) bond motifs is 2. The van der Waals surface area contributed by atoms with Crippen molar-refractivity contribution >= 4 is 23.5 Å². The zero-order valence-electron chi connectivity index (χ0n) is 24.6. The molecule has 2 aromatic carbocycles. The fourth-order valence-electron chi connectivity index (χ4n) is 7.34. The number of hydrogen-bond acceptors (Lipinski definition) is 7. The topological polar surface area (TPSA) is 106 Å². The first-order valence-electron chi connectivity index (χ1n) is 15.1. The zero-order chi connectivity index (χ0) is 30.2. The zero-order valence-corrected chi connectivity index (χ0v) is 24.6. The fourth-order valence-corrected chi connectivity index (χ4v) is 7.34. The number of methoxy groups -OCH3 is 1. The molecule has 9 nitrogen and oxygen atoms in total. The summed E-state index contributed by atoms with van der Waals surface area (Å²) in [6.45, 7) is 2.01. The average molecular weight is 587 g/mol.